The molecule has 0 aromatic heterocycles. The summed E-state index contributed by atoms with van der Waals surface area (Å²) in [6, 6.07) is 0. The van der Waals surface area contributed by atoms with E-state index >= 15 is 0 Å². The van der Waals surface area contributed by atoms with E-state index in [1.165, 1.54) is 0 Å². The molecule has 0 heterocycles. The van der Waals surface area contributed by atoms with Crippen LogP contribution in [0.25, 0.3) is 0 Å². The molecule has 0 rings (SSSR count). The largest absolute Gasteiger partial charge is 0.338 e. The smallest absolute Gasteiger partial charge is 0.327 e. The van der Waals surface area contributed by atoms with E-state index in [2.05, 4.69) is 7.85 Å². The monoisotopic (exact) mass is 102 g/mol. The lowest BCUT2D eigenvalue weighted by atomic mass is 10.0. The Balaban J connectivity index is 3.79. The quantitative estimate of drug-likeness (QED) is 0.249. The molecular weight excluding hydrogens is 98.8 g/mol. The number of rotatable bonds is 1. The Morgan fingerprint density at radius 3 is 1.57 bits per heavy atom. The van der Waals surface area contributed by atoms with E-state index in [0.717, 1.165) is 0 Å². The van der Waals surface area contributed by atoms with Crippen LogP contribution in [0, 0.1) is 0 Å². The van der Waals surface area contributed by atoms with Gasteiger partial charge in [0.1, 0.15) is 0 Å². The van der Waals surface area contributed by atoms with Crippen LogP contribution in [0.15, 0.2) is 0 Å². The van der Waals surface area contributed by atoms with Crippen molar-refractivity contribution < 1.29 is 20.1 Å². The fourth-order valence-electron chi connectivity index (χ4n) is 0. The van der Waals surface area contributed by atoms with E-state index in [1.54, 1.807) is 0 Å². The molecule has 2 radical (unpaired) electrons. The van der Waals surface area contributed by atoms with E-state index < -0.39 is 11.7 Å². The highest BCUT2D eigenvalue weighted by Gasteiger charge is 2.23. The van der Waals surface area contributed by atoms with E-state index in [1.807, 2.05) is 0 Å². The van der Waals surface area contributed by atoms with E-state index in [0.29, 0.717) is 0 Å². The second kappa shape index (κ2) is 1.61. The molecule has 0 aliphatic rings. The van der Waals surface area contributed by atoms with Gasteiger partial charge in [-0.25, -0.2) is 0 Å². The van der Waals surface area contributed by atoms with Crippen molar-refractivity contribution in [2.75, 3.05) is 0 Å². The van der Waals surface area contributed by atoms with Crippen molar-refractivity contribution in [1.82, 2.24) is 0 Å². The average molecular weight is 102 g/mol. The van der Waals surface area contributed by atoms with Crippen molar-refractivity contribution in [3.8, 4) is 0 Å². The third-order valence-corrected chi connectivity index (χ3v) is 0.331. The number of aliphatic hydroxyl groups is 3. The summed E-state index contributed by atoms with van der Waals surface area (Å²) in [5, 5.41) is 23.2. The van der Waals surface area contributed by atoms with Crippen LogP contribution in [0.2, 0.25) is 0 Å². The fraction of sp³-hybridized carbons (Fsp3) is 0.500. The topological polar surface area (TPSA) is 77.8 Å². The second-order valence-corrected chi connectivity index (χ2v) is 1.000. The molecule has 0 bridgehead atoms. The van der Waals surface area contributed by atoms with Crippen molar-refractivity contribution in [2.24, 2.45) is 0 Å². The van der Waals surface area contributed by atoms with Gasteiger partial charge in [0, 0.05) is 0 Å². The van der Waals surface area contributed by atoms with Crippen LogP contribution in [0.5, 0.6) is 0 Å². The Hall–Kier alpha value is -0.385. The number of carbonyl (C=O) groups excluding carboxylic acids is 1. The Bertz CT molecular complexity index is 82.2. The predicted molar refractivity (Wildman–Crippen MR) is 20.1 cm³/mol. The van der Waals surface area contributed by atoms with Gasteiger partial charge in [-0.3, -0.25) is 0 Å². The minimum Gasteiger partial charge on any atom is -0.338 e. The molecule has 0 aromatic rings. The summed E-state index contributed by atoms with van der Waals surface area (Å²) in [6.07, 6.45) is 0. The van der Waals surface area contributed by atoms with Crippen LogP contribution in [0.3, 0.4) is 0 Å². The number of carbonyl (C=O) groups is 1. The van der Waals surface area contributed by atoms with Gasteiger partial charge in [0.25, 0.3) is 0 Å². The van der Waals surface area contributed by atoms with E-state index in [-0.39, 0.29) is 0 Å². The summed E-state index contributed by atoms with van der Waals surface area (Å²) in [7, 11) is 4.18. The summed E-state index contributed by atoms with van der Waals surface area (Å²) in [5.74, 6) is -3.36. The molecule has 0 spiro atoms. The van der Waals surface area contributed by atoms with Crippen molar-refractivity contribution in [1.29, 1.82) is 0 Å². The van der Waals surface area contributed by atoms with Crippen LogP contribution in [0.4, 0.5) is 0 Å². The van der Waals surface area contributed by atoms with Crippen molar-refractivity contribution >= 4 is 13.5 Å². The highest BCUT2D eigenvalue weighted by molar-refractivity contribution is 6.59. The van der Waals surface area contributed by atoms with Gasteiger partial charge in [-0.05, 0) is 0 Å². The first-order chi connectivity index (χ1) is 2.94. The average Bonchev–Trinajstić information content (AvgIpc) is 1.31. The molecule has 0 aliphatic heterocycles. The van der Waals surface area contributed by atoms with Gasteiger partial charge in [0.05, 0.1) is 0 Å². The zero-order valence-corrected chi connectivity index (χ0v) is 3.33. The zero-order valence-electron chi connectivity index (χ0n) is 3.33. The lowest BCUT2D eigenvalue weighted by Gasteiger charge is -2.07. The minimum absolute atomic E-state index is 1.59. The van der Waals surface area contributed by atoms with Crippen LogP contribution < -0.4 is 0 Å². The van der Waals surface area contributed by atoms with Crippen LogP contribution >= 0.6 is 0 Å². The standard InChI is InChI=1S/C2H3BO4/c3-1(4)2(5,6)7/h5-7H. The van der Waals surface area contributed by atoms with Crippen molar-refractivity contribution in [3.63, 3.8) is 0 Å². The fourth-order valence-corrected chi connectivity index (χ4v) is 0. The van der Waals surface area contributed by atoms with Crippen LogP contribution in [-0.4, -0.2) is 34.8 Å². The molecule has 0 amide bonds. The summed E-state index contributed by atoms with van der Waals surface area (Å²) in [5.41, 5.74) is -1.59. The highest BCUT2D eigenvalue weighted by Crippen LogP contribution is 1.87. The lowest BCUT2D eigenvalue weighted by molar-refractivity contribution is -0.281. The molecule has 0 unspecified atom stereocenters. The molecule has 0 aliphatic carbocycles. The van der Waals surface area contributed by atoms with Crippen molar-refractivity contribution in [3.05, 3.63) is 0 Å². The predicted octanol–water partition coefficient (Wildman–Crippen LogP) is -2.69. The third kappa shape index (κ3) is 2.33. The molecule has 0 aromatic carbocycles. The van der Waals surface area contributed by atoms with Gasteiger partial charge in [-0.1, -0.05) is 0 Å². The first kappa shape index (κ1) is 6.61. The maximum atomic E-state index is 9.49. The number of hydrogen-bond acceptors (Lipinski definition) is 4. The first-order valence-electron chi connectivity index (χ1n) is 1.41. The third-order valence-electron chi connectivity index (χ3n) is 0.331. The summed E-state index contributed by atoms with van der Waals surface area (Å²) in [4.78, 5) is 9.49. The Labute approximate surface area is 40.8 Å². The molecule has 38 valence electrons. The molecule has 0 saturated heterocycles. The summed E-state index contributed by atoms with van der Waals surface area (Å²) < 4.78 is 0. The first-order valence-corrected chi connectivity index (χ1v) is 1.41. The van der Waals surface area contributed by atoms with Gasteiger partial charge in [-0.2, -0.15) is 0 Å². The Morgan fingerprint density at radius 1 is 1.43 bits per heavy atom. The minimum atomic E-state index is -3.36. The zero-order chi connectivity index (χ0) is 6.08. The summed E-state index contributed by atoms with van der Waals surface area (Å²) >= 11 is 0. The van der Waals surface area contributed by atoms with Gasteiger partial charge >= 0.3 is 5.97 Å². The molecule has 4 nitrogen and oxygen atoms in total. The number of hydrogen-bond donors (Lipinski definition) is 3. The molecule has 7 heavy (non-hydrogen) atoms. The van der Waals surface area contributed by atoms with E-state index in [4.69, 9.17) is 15.3 Å². The maximum Gasteiger partial charge on any atom is 0.327 e. The highest BCUT2D eigenvalue weighted by atomic mass is 16.7. The SMILES string of the molecule is [B]C(=O)C(O)(O)O. The molecule has 5 heteroatoms. The van der Waals surface area contributed by atoms with Gasteiger partial charge in [0.2, 0.25) is 0 Å². The maximum absolute atomic E-state index is 9.49. The Morgan fingerprint density at radius 2 is 1.57 bits per heavy atom. The van der Waals surface area contributed by atoms with Crippen molar-refractivity contribution in [2.45, 2.75) is 5.97 Å². The molecule has 3 N–H and O–H groups in total. The Kier molecular flexibility index (Phi) is 1.52. The van der Waals surface area contributed by atoms with E-state index in [9.17, 15) is 4.79 Å². The molecule has 0 fully saturated rings. The van der Waals surface area contributed by atoms with Crippen LogP contribution in [-0.2, 0) is 4.79 Å². The molecule has 0 atom stereocenters. The van der Waals surface area contributed by atoms with Gasteiger partial charge in [0.15, 0.2) is 13.5 Å². The molecular formula is C2H3BO4. The molecule has 0 saturated carbocycles. The normalized spacial score (nSPS) is 11.3. The van der Waals surface area contributed by atoms with Gasteiger partial charge in [-0.15, -0.1) is 0 Å². The van der Waals surface area contributed by atoms with Gasteiger partial charge < -0.3 is 20.1 Å². The second-order valence-electron chi connectivity index (χ2n) is 1.000. The van der Waals surface area contributed by atoms with Crippen LogP contribution in [0.1, 0.15) is 0 Å². The lowest BCUT2D eigenvalue weighted by Crippen LogP contribution is -2.37. The summed E-state index contributed by atoms with van der Waals surface area (Å²) in [6.45, 7) is 0.